The quantitative estimate of drug-likeness (QED) is 0.435. The Morgan fingerprint density at radius 3 is 2.44 bits per heavy atom. The Morgan fingerprint density at radius 2 is 1.83 bits per heavy atom. The fraction of sp³-hybridized carbons (Fsp3) is 0.917. The number of rotatable bonds is 5. The van der Waals surface area contributed by atoms with Crippen LogP contribution in [0.4, 0.5) is 0 Å². The summed E-state index contributed by atoms with van der Waals surface area (Å²) < 4.78 is 11.0. The molecule has 2 aliphatic heterocycles. The number of aliphatic imine (C=N–C) groups is 1. The number of hydrogen-bond donors (Lipinski definition) is 2. The van der Waals surface area contributed by atoms with E-state index in [1.54, 1.807) is 0 Å². The zero-order valence-corrected chi connectivity index (χ0v) is 13.1. The molecular formula is C12H24IN3O2. The zero-order valence-electron chi connectivity index (χ0n) is 10.8. The first-order chi connectivity index (χ1) is 8.34. The Morgan fingerprint density at radius 1 is 1.17 bits per heavy atom. The van der Waals surface area contributed by atoms with Gasteiger partial charge in [0.1, 0.15) is 0 Å². The van der Waals surface area contributed by atoms with Crippen molar-refractivity contribution in [2.24, 2.45) is 10.7 Å². The van der Waals surface area contributed by atoms with Gasteiger partial charge in [-0.3, -0.25) is 4.99 Å². The molecule has 2 atom stereocenters. The standard InChI is InChI=1S/C12H23N3O2.HI/c13-12(15-9-11-4-2-8-17-11)14-6-5-10-3-1-7-16-10;/h10-11H,1-9H2,(H3,13,14,15);1H. The zero-order chi connectivity index (χ0) is 11.9. The van der Waals surface area contributed by atoms with E-state index in [1.807, 2.05) is 0 Å². The van der Waals surface area contributed by atoms with Crippen molar-refractivity contribution in [2.45, 2.75) is 44.3 Å². The highest BCUT2D eigenvalue weighted by Crippen LogP contribution is 2.14. The van der Waals surface area contributed by atoms with E-state index in [9.17, 15) is 0 Å². The molecule has 0 aliphatic carbocycles. The van der Waals surface area contributed by atoms with Gasteiger partial charge in [0.25, 0.3) is 0 Å². The molecule has 2 fully saturated rings. The minimum atomic E-state index is 0. The van der Waals surface area contributed by atoms with Gasteiger partial charge in [-0.05, 0) is 32.1 Å². The Bertz CT molecular complexity index is 252. The maximum Gasteiger partial charge on any atom is 0.188 e. The first-order valence-electron chi connectivity index (χ1n) is 6.61. The van der Waals surface area contributed by atoms with Gasteiger partial charge in [-0.1, -0.05) is 0 Å². The molecule has 0 aromatic heterocycles. The number of hydrogen-bond acceptors (Lipinski definition) is 3. The first-order valence-corrected chi connectivity index (χ1v) is 6.61. The molecule has 0 amide bonds. The first kappa shape index (κ1) is 16.0. The molecule has 106 valence electrons. The van der Waals surface area contributed by atoms with E-state index < -0.39 is 0 Å². The number of nitrogens with zero attached hydrogens (tertiary/aromatic N) is 1. The van der Waals surface area contributed by atoms with Gasteiger partial charge in [0, 0.05) is 19.8 Å². The summed E-state index contributed by atoms with van der Waals surface area (Å²) in [5, 5.41) is 3.13. The second-order valence-electron chi connectivity index (χ2n) is 4.71. The van der Waals surface area contributed by atoms with Gasteiger partial charge in [-0.25, -0.2) is 0 Å². The van der Waals surface area contributed by atoms with E-state index in [1.165, 1.54) is 12.8 Å². The number of guanidine groups is 1. The monoisotopic (exact) mass is 369 g/mol. The second-order valence-corrected chi connectivity index (χ2v) is 4.71. The molecule has 6 heteroatoms. The predicted molar refractivity (Wildman–Crippen MR) is 82.5 cm³/mol. The fourth-order valence-electron chi connectivity index (χ4n) is 2.28. The third-order valence-electron chi connectivity index (χ3n) is 3.29. The average molecular weight is 369 g/mol. The van der Waals surface area contributed by atoms with Crippen LogP contribution in [0.1, 0.15) is 32.1 Å². The van der Waals surface area contributed by atoms with E-state index in [0.29, 0.717) is 18.6 Å². The molecule has 5 nitrogen and oxygen atoms in total. The van der Waals surface area contributed by atoms with Gasteiger partial charge < -0.3 is 20.5 Å². The van der Waals surface area contributed by atoms with Gasteiger partial charge in [0.15, 0.2) is 5.96 Å². The maximum atomic E-state index is 5.78. The molecule has 3 N–H and O–H groups in total. The SMILES string of the molecule is I.NC(=NCC1CCCO1)NCCC1CCCO1. The summed E-state index contributed by atoms with van der Waals surface area (Å²) in [6, 6.07) is 0. The topological polar surface area (TPSA) is 68.9 Å². The number of nitrogens with one attached hydrogen (secondary N) is 1. The van der Waals surface area contributed by atoms with Crippen molar-refractivity contribution in [1.82, 2.24) is 5.32 Å². The minimum Gasteiger partial charge on any atom is -0.378 e. The Labute approximate surface area is 126 Å². The fourth-order valence-corrected chi connectivity index (χ4v) is 2.28. The van der Waals surface area contributed by atoms with Crippen LogP contribution < -0.4 is 11.1 Å². The van der Waals surface area contributed by atoms with Crippen LogP contribution in [0.15, 0.2) is 4.99 Å². The molecule has 0 bridgehead atoms. The van der Waals surface area contributed by atoms with Crippen LogP contribution in [0.25, 0.3) is 0 Å². The van der Waals surface area contributed by atoms with Gasteiger partial charge >= 0.3 is 0 Å². The lowest BCUT2D eigenvalue weighted by Crippen LogP contribution is -2.34. The highest BCUT2D eigenvalue weighted by atomic mass is 127. The summed E-state index contributed by atoms with van der Waals surface area (Å²) in [6.07, 6.45) is 6.30. The summed E-state index contributed by atoms with van der Waals surface area (Å²) in [7, 11) is 0. The number of ether oxygens (including phenoxy) is 2. The average Bonchev–Trinajstić information content (AvgIpc) is 2.99. The van der Waals surface area contributed by atoms with Crippen molar-refractivity contribution in [3.63, 3.8) is 0 Å². The van der Waals surface area contributed by atoms with Crippen LogP contribution in [0.3, 0.4) is 0 Å². The molecule has 0 aromatic rings. The highest BCUT2D eigenvalue weighted by molar-refractivity contribution is 14.0. The van der Waals surface area contributed by atoms with Gasteiger partial charge in [-0.15, -0.1) is 24.0 Å². The molecule has 0 radical (unpaired) electrons. The van der Waals surface area contributed by atoms with E-state index in [2.05, 4.69) is 10.3 Å². The van der Waals surface area contributed by atoms with Gasteiger partial charge in [-0.2, -0.15) is 0 Å². The molecule has 2 unspecified atom stereocenters. The summed E-state index contributed by atoms with van der Waals surface area (Å²) in [5.74, 6) is 0.526. The molecule has 18 heavy (non-hydrogen) atoms. The van der Waals surface area contributed by atoms with Crippen LogP contribution in [-0.2, 0) is 9.47 Å². The normalized spacial score (nSPS) is 28.1. The Kier molecular flexibility index (Phi) is 7.92. The van der Waals surface area contributed by atoms with Crippen LogP contribution in [0.5, 0.6) is 0 Å². The molecular weight excluding hydrogens is 345 g/mol. The minimum absolute atomic E-state index is 0. The van der Waals surface area contributed by atoms with Crippen molar-refractivity contribution in [3.05, 3.63) is 0 Å². The maximum absolute atomic E-state index is 5.78. The summed E-state index contributed by atoms with van der Waals surface area (Å²) in [6.45, 7) is 3.30. The van der Waals surface area contributed by atoms with E-state index in [-0.39, 0.29) is 30.1 Å². The van der Waals surface area contributed by atoms with Crippen LogP contribution >= 0.6 is 24.0 Å². The van der Waals surface area contributed by atoms with Crippen molar-refractivity contribution in [1.29, 1.82) is 0 Å². The summed E-state index contributed by atoms with van der Waals surface area (Å²) in [4.78, 5) is 4.29. The Balaban J connectivity index is 0.00000162. The molecule has 2 saturated heterocycles. The van der Waals surface area contributed by atoms with E-state index >= 15 is 0 Å². The summed E-state index contributed by atoms with van der Waals surface area (Å²) in [5.41, 5.74) is 5.78. The Hall–Kier alpha value is -0.0800. The van der Waals surface area contributed by atoms with Crippen LogP contribution in [0.2, 0.25) is 0 Å². The van der Waals surface area contributed by atoms with Crippen molar-refractivity contribution in [2.75, 3.05) is 26.3 Å². The lowest BCUT2D eigenvalue weighted by atomic mass is 10.2. The van der Waals surface area contributed by atoms with Crippen molar-refractivity contribution in [3.8, 4) is 0 Å². The van der Waals surface area contributed by atoms with E-state index in [0.717, 1.165) is 39.0 Å². The van der Waals surface area contributed by atoms with Gasteiger partial charge in [0.05, 0.1) is 18.8 Å². The number of halogens is 1. The molecule has 0 spiro atoms. The lowest BCUT2D eigenvalue weighted by Gasteiger charge is -2.11. The predicted octanol–water partition coefficient (Wildman–Crippen LogP) is 1.26. The van der Waals surface area contributed by atoms with Crippen molar-refractivity contribution >= 4 is 29.9 Å². The number of nitrogens with two attached hydrogens (primary N) is 1. The van der Waals surface area contributed by atoms with Crippen LogP contribution in [0, 0.1) is 0 Å². The van der Waals surface area contributed by atoms with Crippen LogP contribution in [-0.4, -0.2) is 44.5 Å². The lowest BCUT2D eigenvalue weighted by molar-refractivity contribution is 0.105. The second kappa shape index (κ2) is 8.92. The van der Waals surface area contributed by atoms with E-state index in [4.69, 9.17) is 15.2 Å². The molecule has 0 saturated carbocycles. The molecule has 0 aromatic carbocycles. The van der Waals surface area contributed by atoms with Crippen molar-refractivity contribution < 1.29 is 9.47 Å². The molecule has 2 rings (SSSR count). The smallest absolute Gasteiger partial charge is 0.188 e. The largest absolute Gasteiger partial charge is 0.378 e. The molecule has 2 aliphatic rings. The highest BCUT2D eigenvalue weighted by Gasteiger charge is 2.15. The third kappa shape index (κ3) is 5.71. The molecule has 2 heterocycles. The summed E-state index contributed by atoms with van der Waals surface area (Å²) >= 11 is 0. The third-order valence-corrected chi connectivity index (χ3v) is 3.29. The van der Waals surface area contributed by atoms with Gasteiger partial charge in [0.2, 0.25) is 0 Å².